The smallest absolute Gasteiger partial charge is 0.247 e. The molecule has 0 spiro atoms. The minimum atomic E-state index is -0.193. The molecular formula is C19H20N2O4. The summed E-state index contributed by atoms with van der Waals surface area (Å²) in [6.07, 6.45) is 4.99. The molecule has 0 saturated heterocycles. The van der Waals surface area contributed by atoms with E-state index in [1.165, 1.54) is 6.08 Å². The zero-order valence-electron chi connectivity index (χ0n) is 14.3. The molecule has 2 aromatic rings. The van der Waals surface area contributed by atoms with Gasteiger partial charge in [-0.1, -0.05) is 6.07 Å². The molecule has 6 heteroatoms. The molecule has 0 atom stereocenters. The molecule has 0 radical (unpaired) electrons. The van der Waals surface area contributed by atoms with Crippen molar-refractivity contribution in [2.45, 2.75) is 13.0 Å². The fourth-order valence-electron chi connectivity index (χ4n) is 2.27. The lowest BCUT2D eigenvalue weighted by Gasteiger charge is -2.18. The molecule has 130 valence electrons. The van der Waals surface area contributed by atoms with E-state index in [4.69, 9.17) is 19.2 Å². The molecule has 0 saturated carbocycles. The summed E-state index contributed by atoms with van der Waals surface area (Å²) >= 11 is 0. The zero-order valence-corrected chi connectivity index (χ0v) is 14.3. The summed E-state index contributed by atoms with van der Waals surface area (Å²) in [6.45, 7) is 0.663. The Labute approximate surface area is 146 Å². The van der Waals surface area contributed by atoms with Gasteiger partial charge in [0, 0.05) is 12.6 Å². The lowest BCUT2D eigenvalue weighted by molar-refractivity contribution is -0.126. The molecule has 6 nitrogen and oxygen atoms in total. The third-order valence-corrected chi connectivity index (χ3v) is 3.56. The van der Waals surface area contributed by atoms with E-state index in [1.54, 1.807) is 55.7 Å². The number of carbonyl (C=O) groups is 1. The Morgan fingerprint density at radius 1 is 1.28 bits per heavy atom. The third-order valence-electron chi connectivity index (χ3n) is 3.56. The Bertz CT molecular complexity index is 760. The average molecular weight is 340 g/mol. The summed E-state index contributed by atoms with van der Waals surface area (Å²) in [5.74, 6) is 1.70. The standard InChI is InChI=1S/C19H20N2O4/c1-23-17-8-6-15(13-18(17)24-2)7-9-19(22)21(11-4-10-20)14-16-5-3-12-25-16/h3,5-9,12-13H,4,11,14H2,1-2H3/b9-7+. The number of ether oxygens (including phenoxy) is 2. The molecule has 1 heterocycles. The number of hydrogen-bond acceptors (Lipinski definition) is 5. The molecule has 0 aliphatic rings. The first-order valence-corrected chi connectivity index (χ1v) is 7.76. The van der Waals surface area contributed by atoms with Crippen LogP contribution in [0.15, 0.2) is 47.1 Å². The number of nitriles is 1. The summed E-state index contributed by atoms with van der Waals surface area (Å²) < 4.78 is 15.7. The van der Waals surface area contributed by atoms with Gasteiger partial charge in [0.2, 0.25) is 5.91 Å². The number of rotatable bonds is 8. The van der Waals surface area contributed by atoms with Gasteiger partial charge < -0.3 is 18.8 Å². The van der Waals surface area contributed by atoms with E-state index < -0.39 is 0 Å². The van der Waals surface area contributed by atoms with Gasteiger partial charge in [0.1, 0.15) is 5.76 Å². The number of methoxy groups -OCH3 is 2. The summed E-state index contributed by atoms with van der Waals surface area (Å²) in [5.41, 5.74) is 0.809. The highest BCUT2D eigenvalue weighted by Gasteiger charge is 2.12. The second-order valence-electron chi connectivity index (χ2n) is 5.20. The number of hydrogen-bond donors (Lipinski definition) is 0. The van der Waals surface area contributed by atoms with Crippen molar-refractivity contribution in [1.29, 1.82) is 5.26 Å². The Hall–Kier alpha value is -3.20. The maximum atomic E-state index is 12.5. The van der Waals surface area contributed by atoms with Crippen LogP contribution in [-0.2, 0) is 11.3 Å². The molecule has 1 amide bonds. The van der Waals surface area contributed by atoms with Crippen molar-refractivity contribution in [2.24, 2.45) is 0 Å². The first-order valence-electron chi connectivity index (χ1n) is 7.76. The van der Waals surface area contributed by atoms with Crippen LogP contribution >= 0.6 is 0 Å². The molecule has 2 rings (SSSR count). The Morgan fingerprint density at radius 2 is 2.08 bits per heavy atom. The van der Waals surface area contributed by atoms with Crippen LogP contribution in [0, 0.1) is 11.3 Å². The fraction of sp³-hybridized carbons (Fsp3) is 0.263. The van der Waals surface area contributed by atoms with E-state index in [9.17, 15) is 4.79 Å². The zero-order chi connectivity index (χ0) is 18.1. The van der Waals surface area contributed by atoms with Crippen molar-refractivity contribution in [2.75, 3.05) is 20.8 Å². The van der Waals surface area contributed by atoms with Gasteiger partial charge in [-0.05, 0) is 35.9 Å². The van der Waals surface area contributed by atoms with Gasteiger partial charge in [-0.25, -0.2) is 0 Å². The number of carbonyl (C=O) groups excluding carboxylic acids is 1. The van der Waals surface area contributed by atoms with Crippen molar-refractivity contribution < 1.29 is 18.7 Å². The molecule has 1 aromatic carbocycles. The van der Waals surface area contributed by atoms with Crippen molar-refractivity contribution in [3.8, 4) is 17.6 Å². The van der Waals surface area contributed by atoms with Crippen molar-refractivity contribution in [3.63, 3.8) is 0 Å². The first kappa shape index (κ1) is 18.1. The van der Waals surface area contributed by atoms with Crippen LogP contribution in [0.1, 0.15) is 17.7 Å². The molecule has 0 fully saturated rings. The fourth-order valence-corrected chi connectivity index (χ4v) is 2.27. The molecule has 0 aliphatic heterocycles. The number of amides is 1. The SMILES string of the molecule is COc1ccc(/C=C/C(=O)N(CCC#N)Cc2ccco2)cc1OC. The van der Waals surface area contributed by atoms with E-state index in [2.05, 4.69) is 6.07 Å². The van der Waals surface area contributed by atoms with Crippen LogP contribution in [0.25, 0.3) is 6.08 Å². The van der Waals surface area contributed by atoms with E-state index in [0.717, 1.165) is 5.56 Å². The van der Waals surface area contributed by atoms with E-state index in [0.29, 0.717) is 30.3 Å². The number of nitrogens with zero attached hydrogens (tertiary/aromatic N) is 2. The highest BCUT2D eigenvalue weighted by Crippen LogP contribution is 2.28. The first-order chi connectivity index (χ1) is 12.2. The second kappa shape index (κ2) is 9.18. The maximum Gasteiger partial charge on any atom is 0.247 e. The van der Waals surface area contributed by atoms with Crippen LogP contribution in [-0.4, -0.2) is 31.6 Å². The van der Waals surface area contributed by atoms with Gasteiger partial charge in [-0.15, -0.1) is 0 Å². The lowest BCUT2D eigenvalue weighted by Crippen LogP contribution is -2.29. The van der Waals surface area contributed by atoms with Crippen LogP contribution in [0.4, 0.5) is 0 Å². The molecule has 0 unspecified atom stereocenters. The third kappa shape index (κ3) is 5.15. The quantitative estimate of drug-likeness (QED) is 0.690. The predicted octanol–water partition coefficient (Wildman–Crippen LogP) is 3.25. The molecule has 0 aliphatic carbocycles. The van der Waals surface area contributed by atoms with Crippen LogP contribution < -0.4 is 9.47 Å². The summed E-state index contributed by atoms with van der Waals surface area (Å²) in [6, 6.07) is 11.0. The van der Waals surface area contributed by atoms with Gasteiger partial charge in [0.25, 0.3) is 0 Å². The van der Waals surface area contributed by atoms with Crippen LogP contribution in [0.5, 0.6) is 11.5 Å². The van der Waals surface area contributed by atoms with Gasteiger partial charge in [0.15, 0.2) is 11.5 Å². The second-order valence-corrected chi connectivity index (χ2v) is 5.20. The lowest BCUT2D eigenvalue weighted by atomic mass is 10.2. The van der Waals surface area contributed by atoms with Gasteiger partial charge >= 0.3 is 0 Å². The Balaban J connectivity index is 2.10. The van der Waals surface area contributed by atoms with E-state index >= 15 is 0 Å². The van der Waals surface area contributed by atoms with Crippen molar-refractivity contribution in [3.05, 3.63) is 54.0 Å². The van der Waals surface area contributed by atoms with Crippen LogP contribution in [0.2, 0.25) is 0 Å². The minimum absolute atomic E-state index is 0.193. The Morgan fingerprint density at radius 3 is 2.72 bits per heavy atom. The minimum Gasteiger partial charge on any atom is -0.493 e. The topological polar surface area (TPSA) is 75.7 Å². The largest absolute Gasteiger partial charge is 0.493 e. The highest BCUT2D eigenvalue weighted by atomic mass is 16.5. The monoisotopic (exact) mass is 340 g/mol. The normalized spacial score (nSPS) is 10.4. The van der Waals surface area contributed by atoms with Gasteiger partial charge in [-0.2, -0.15) is 5.26 Å². The average Bonchev–Trinajstić information content (AvgIpc) is 3.15. The van der Waals surface area contributed by atoms with Crippen LogP contribution in [0.3, 0.4) is 0 Å². The van der Waals surface area contributed by atoms with E-state index in [-0.39, 0.29) is 12.3 Å². The van der Waals surface area contributed by atoms with Gasteiger partial charge in [0.05, 0.1) is 39.5 Å². The highest BCUT2D eigenvalue weighted by molar-refractivity contribution is 5.91. The number of benzene rings is 1. The maximum absolute atomic E-state index is 12.5. The predicted molar refractivity (Wildman–Crippen MR) is 92.9 cm³/mol. The molecular weight excluding hydrogens is 320 g/mol. The Kier molecular flexibility index (Phi) is 6.66. The molecule has 25 heavy (non-hydrogen) atoms. The molecule has 1 aromatic heterocycles. The molecule has 0 bridgehead atoms. The summed E-state index contributed by atoms with van der Waals surface area (Å²) in [4.78, 5) is 14.0. The van der Waals surface area contributed by atoms with Crippen molar-refractivity contribution in [1.82, 2.24) is 4.90 Å². The summed E-state index contributed by atoms with van der Waals surface area (Å²) in [7, 11) is 3.13. The van der Waals surface area contributed by atoms with Gasteiger partial charge in [-0.3, -0.25) is 4.79 Å². The molecule has 0 N–H and O–H groups in total. The van der Waals surface area contributed by atoms with Crippen molar-refractivity contribution >= 4 is 12.0 Å². The van der Waals surface area contributed by atoms with E-state index in [1.807, 2.05) is 6.07 Å². The number of furan rings is 1. The summed E-state index contributed by atoms with van der Waals surface area (Å²) in [5, 5.41) is 8.78.